The summed E-state index contributed by atoms with van der Waals surface area (Å²) in [6.07, 6.45) is 0. The van der Waals surface area contributed by atoms with Crippen LogP contribution in [0.2, 0.25) is 0 Å². The van der Waals surface area contributed by atoms with Crippen molar-refractivity contribution in [2.45, 2.75) is 13.5 Å². The van der Waals surface area contributed by atoms with E-state index < -0.39 is 0 Å². The Morgan fingerprint density at radius 1 is 1.18 bits per heavy atom. The standard InChI is InChI=1S/C16H27N3O2.HI/c1-14-5-7-15(8-6-14)13-19(3)16(17-2)18-9-10-21-12-11-20-4;/h5-8H,9-13H2,1-4H3,(H,17,18);1H. The number of methoxy groups -OCH3 is 1. The third-order valence-corrected chi connectivity index (χ3v) is 3.08. The van der Waals surface area contributed by atoms with E-state index in [9.17, 15) is 0 Å². The average Bonchev–Trinajstić information content (AvgIpc) is 2.49. The second-order valence-electron chi connectivity index (χ2n) is 4.92. The lowest BCUT2D eigenvalue weighted by Gasteiger charge is -2.22. The molecule has 0 fully saturated rings. The van der Waals surface area contributed by atoms with E-state index in [0.29, 0.717) is 19.8 Å². The fourth-order valence-corrected chi connectivity index (χ4v) is 1.91. The van der Waals surface area contributed by atoms with Gasteiger partial charge in [0.2, 0.25) is 0 Å². The maximum absolute atomic E-state index is 5.42. The first-order chi connectivity index (χ1) is 10.2. The Kier molecular flexibility index (Phi) is 12.2. The molecule has 22 heavy (non-hydrogen) atoms. The molecule has 0 aliphatic heterocycles. The van der Waals surface area contributed by atoms with Gasteiger partial charge in [-0.3, -0.25) is 4.99 Å². The lowest BCUT2D eigenvalue weighted by molar-refractivity contribution is 0.0731. The number of hydrogen-bond acceptors (Lipinski definition) is 3. The molecule has 0 saturated carbocycles. The van der Waals surface area contributed by atoms with Crippen LogP contribution in [0.1, 0.15) is 11.1 Å². The Morgan fingerprint density at radius 3 is 2.45 bits per heavy atom. The molecule has 1 rings (SSSR count). The van der Waals surface area contributed by atoms with Gasteiger partial charge in [-0.25, -0.2) is 0 Å². The predicted octanol–water partition coefficient (Wildman–Crippen LogP) is 2.28. The molecular weight excluding hydrogens is 393 g/mol. The summed E-state index contributed by atoms with van der Waals surface area (Å²) in [5.41, 5.74) is 2.54. The Balaban J connectivity index is 0.00000441. The van der Waals surface area contributed by atoms with Crippen molar-refractivity contribution in [3.63, 3.8) is 0 Å². The van der Waals surface area contributed by atoms with Gasteiger partial charge in [0.25, 0.3) is 0 Å². The van der Waals surface area contributed by atoms with Gasteiger partial charge in [-0.15, -0.1) is 24.0 Å². The fourth-order valence-electron chi connectivity index (χ4n) is 1.91. The van der Waals surface area contributed by atoms with Crippen LogP contribution in [-0.4, -0.2) is 58.4 Å². The molecule has 1 aromatic rings. The van der Waals surface area contributed by atoms with Crippen LogP contribution in [0.15, 0.2) is 29.3 Å². The first-order valence-corrected chi connectivity index (χ1v) is 7.21. The Morgan fingerprint density at radius 2 is 1.86 bits per heavy atom. The van der Waals surface area contributed by atoms with Gasteiger partial charge < -0.3 is 19.7 Å². The molecule has 0 unspecified atom stereocenters. The van der Waals surface area contributed by atoms with Gasteiger partial charge >= 0.3 is 0 Å². The number of guanidine groups is 1. The van der Waals surface area contributed by atoms with E-state index in [-0.39, 0.29) is 24.0 Å². The molecule has 0 saturated heterocycles. The minimum Gasteiger partial charge on any atom is -0.382 e. The van der Waals surface area contributed by atoms with Crippen molar-refractivity contribution < 1.29 is 9.47 Å². The number of ether oxygens (including phenoxy) is 2. The van der Waals surface area contributed by atoms with Gasteiger partial charge in [0, 0.05) is 34.3 Å². The van der Waals surface area contributed by atoms with Crippen molar-refractivity contribution in [1.29, 1.82) is 0 Å². The van der Waals surface area contributed by atoms with E-state index in [1.165, 1.54) is 11.1 Å². The molecule has 0 atom stereocenters. The Hall–Kier alpha value is -0.860. The van der Waals surface area contributed by atoms with Crippen LogP contribution in [0.3, 0.4) is 0 Å². The number of aryl methyl sites for hydroxylation is 1. The monoisotopic (exact) mass is 421 g/mol. The molecule has 0 radical (unpaired) electrons. The van der Waals surface area contributed by atoms with Crippen molar-refractivity contribution in [3.8, 4) is 0 Å². The van der Waals surface area contributed by atoms with Crippen LogP contribution < -0.4 is 5.32 Å². The van der Waals surface area contributed by atoms with E-state index in [1.807, 2.05) is 7.05 Å². The molecular formula is C16H28IN3O2. The topological polar surface area (TPSA) is 46.1 Å². The second kappa shape index (κ2) is 12.7. The highest BCUT2D eigenvalue weighted by Crippen LogP contribution is 2.05. The summed E-state index contributed by atoms with van der Waals surface area (Å²) in [6, 6.07) is 8.55. The zero-order valence-corrected chi connectivity index (χ0v) is 16.3. The van der Waals surface area contributed by atoms with Gasteiger partial charge in [-0.1, -0.05) is 29.8 Å². The van der Waals surface area contributed by atoms with Gasteiger partial charge in [0.05, 0.1) is 19.8 Å². The molecule has 0 bridgehead atoms. The quantitative estimate of drug-likeness (QED) is 0.303. The Bertz CT molecular complexity index is 424. The number of benzene rings is 1. The molecule has 0 heterocycles. The van der Waals surface area contributed by atoms with Gasteiger partial charge in [0.1, 0.15) is 0 Å². The van der Waals surface area contributed by atoms with Crippen molar-refractivity contribution in [1.82, 2.24) is 10.2 Å². The molecule has 126 valence electrons. The molecule has 0 aliphatic rings. The van der Waals surface area contributed by atoms with E-state index in [1.54, 1.807) is 14.2 Å². The minimum absolute atomic E-state index is 0. The molecule has 5 nitrogen and oxygen atoms in total. The summed E-state index contributed by atoms with van der Waals surface area (Å²) < 4.78 is 10.3. The van der Waals surface area contributed by atoms with Gasteiger partial charge in [-0.05, 0) is 12.5 Å². The number of nitrogens with one attached hydrogen (secondary N) is 1. The smallest absolute Gasteiger partial charge is 0.193 e. The summed E-state index contributed by atoms with van der Waals surface area (Å²) >= 11 is 0. The number of nitrogens with zero attached hydrogens (tertiary/aromatic N) is 2. The molecule has 1 N–H and O–H groups in total. The predicted molar refractivity (Wildman–Crippen MR) is 102 cm³/mol. The van der Waals surface area contributed by atoms with Crippen LogP contribution in [0.25, 0.3) is 0 Å². The lowest BCUT2D eigenvalue weighted by Crippen LogP contribution is -2.40. The highest BCUT2D eigenvalue weighted by Gasteiger charge is 2.05. The number of hydrogen-bond donors (Lipinski definition) is 1. The summed E-state index contributed by atoms with van der Waals surface area (Å²) in [7, 11) is 5.49. The number of aliphatic imine (C=N–C) groups is 1. The minimum atomic E-state index is 0. The van der Waals surface area contributed by atoms with Crippen molar-refractivity contribution >= 4 is 29.9 Å². The number of rotatable bonds is 8. The average molecular weight is 421 g/mol. The van der Waals surface area contributed by atoms with Crippen LogP contribution in [0.5, 0.6) is 0 Å². The summed E-state index contributed by atoms with van der Waals surface area (Å²) in [5.74, 6) is 0.867. The van der Waals surface area contributed by atoms with Crippen molar-refractivity contribution in [3.05, 3.63) is 35.4 Å². The van der Waals surface area contributed by atoms with E-state index >= 15 is 0 Å². The highest BCUT2D eigenvalue weighted by atomic mass is 127. The van der Waals surface area contributed by atoms with Crippen LogP contribution in [0.4, 0.5) is 0 Å². The SMILES string of the molecule is CN=C(NCCOCCOC)N(C)Cc1ccc(C)cc1.I. The van der Waals surface area contributed by atoms with Crippen molar-refractivity contribution in [2.75, 3.05) is 47.6 Å². The molecule has 0 aromatic heterocycles. The molecule has 0 spiro atoms. The molecule has 6 heteroatoms. The maximum atomic E-state index is 5.42. The maximum Gasteiger partial charge on any atom is 0.193 e. The van der Waals surface area contributed by atoms with E-state index in [4.69, 9.17) is 9.47 Å². The summed E-state index contributed by atoms with van der Waals surface area (Å²) in [6.45, 7) is 5.54. The van der Waals surface area contributed by atoms with Crippen LogP contribution in [-0.2, 0) is 16.0 Å². The van der Waals surface area contributed by atoms with E-state index in [0.717, 1.165) is 19.0 Å². The molecule has 0 aliphatic carbocycles. The van der Waals surface area contributed by atoms with Gasteiger partial charge in [-0.2, -0.15) is 0 Å². The first kappa shape index (κ1) is 21.1. The molecule has 1 aromatic carbocycles. The van der Waals surface area contributed by atoms with Crippen molar-refractivity contribution in [2.24, 2.45) is 4.99 Å². The Labute approximate surface area is 151 Å². The lowest BCUT2D eigenvalue weighted by atomic mass is 10.1. The third kappa shape index (κ3) is 8.55. The van der Waals surface area contributed by atoms with Gasteiger partial charge in [0.15, 0.2) is 5.96 Å². The number of halogens is 1. The summed E-state index contributed by atoms with van der Waals surface area (Å²) in [5, 5.41) is 3.29. The first-order valence-electron chi connectivity index (χ1n) is 7.21. The van der Waals surface area contributed by atoms with Crippen LogP contribution in [0, 0.1) is 6.92 Å². The fraction of sp³-hybridized carbons (Fsp3) is 0.562. The highest BCUT2D eigenvalue weighted by molar-refractivity contribution is 14.0. The van der Waals surface area contributed by atoms with E-state index in [2.05, 4.69) is 46.4 Å². The van der Waals surface area contributed by atoms with Crippen LogP contribution >= 0.6 is 24.0 Å². The second-order valence-corrected chi connectivity index (χ2v) is 4.92. The molecule has 0 amide bonds. The third-order valence-electron chi connectivity index (χ3n) is 3.08. The summed E-state index contributed by atoms with van der Waals surface area (Å²) in [4.78, 5) is 6.38. The normalized spacial score (nSPS) is 11.0. The zero-order chi connectivity index (χ0) is 15.5. The largest absolute Gasteiger partial charge is 0.382 e. The zero-order valence-electron chi connectivity index (χ0n) is 14.0.